The van der Waals surface area contributed by atoms with E-state index in [1.165, 1.54) is 0 Å². The maximum atomic E-state index is 12.6. The average molecular weight is 334 g/mol. The Kier molecular flexibility index (Phi) is 6.08. The molecule has 6 heteroatoms. The highest BCUT2D eigenvalue weighted by Crippen LogP contribution is 2.18. The van der Waals surface area contributed by atoms with E-state index in [1.807, 2.05) is 6.92 Å². The van der Waals surface area contributed by atoms with Gasteiger partial charge in [-0.2, -0.15) is 8.78 Å². The summed E-state index contributed by atoms with van der Waals surface area (Å²) in [6, 6.07) is 6.64. The van der Waals surface area contributed by atoms with Gasteiger partial charge < -0.3 is 4.90 Å². The number of hydrogen-bond acceptors (Lipinski definition) is 2. The molecule has 0 unspecified atom stereocenters. The van der Waals surface area contributed by atoms with Crippen molar-refractivity contribution in [3.8, 4) is 0 Å². The van der Waals surface area contributed by atoms with Gasteiger partial charge in [-0.05, 0) is 19.1 Å². The Morgan fingerprint density at radius 2 is 1.84 bits per heavy atom. The van der Waals surface area contributed by atoms with Gasteiger partial charge in [0.25, 0.3) is 5.91 Å². The largest absolute Gasteiger partial charge is 0.316 e. The summed E-state index contributed by atoms with van der Waals surface area (Å²) in [4.78, 5) is 23.7. The van der Waals surface area contributed by atoms with Gasteiger partial charge in [0.05, 0.1) is 5.33 Å². The molecule has 0 saturated heterocycles. The fraction of sp³-hybridized carbons (Fsp3) is 0.385. The van der Waals surface area contributed by atoms with E-state index in [0.29, 0.717) is 5.69 Å². The van der Waals surface area contributed by atoms with Crippen LogP contribution in [0.4, 0.5) is 14.5 Å². The maximum absolute atomic E-state index is 12.6. The zero-order chi connectivity index (χ0) is 14.4. The fourth-order valence-electron chi connectivity index (χ4n) is 1.51. The highest BCUT2D eigenvalue weighted by Gasteiger charge is 2.24. The van der Waals surface area contributed by atoms with Gasteiger partial charge in [0.2, 0.25) is 0 Å². The molecule has 0 spiro atoms. The number of aryl methyl sites for hydroxylation is 1. The van der Waals surface area contributed by atoms with Crippen LogP contribution in [0.25, 0.3) is 0 Å². The molecule has 1 aromatic carbocycles. The van der Waals surface area contributed by atoms with Crippen LogP contribution in [0.15, 0.2) is 24.3 Å². The molecule has 0 aliphatic rings. The first-order valence-corrected chi connectivity index (χ1v) is 6.81. The fourth-order valence-corrected chi connectivity index (χ4v) is 1.79. The number of alkyl halides is 3. The van der Waals surface area contributed by atoms with E-state index in [-0.39, 0.29) is 24.1 Å². The molecule has 0 saturated carbocycles. The second kappa shape index (κ2) is 7.33. The molecule has 1 aromatic rings. The molecule has 0 heterocycles. The van der Waals surface area contributed by atoms with Crippen LogP contribution in [0.1, 0.15) is 12.0 Å². The topological polar surface area (TPSA) is 37.4 Å². The lowest BCUT2D eigenvalue weighted by Gasteiger charge is -2.22. The zero-order valence-corrected chi connectivity index (χ0v) is 12.0. The molecule has 0 aromatic heterocycles. The molecule has 0 atom stereocenters. The van der Waals surface area contributed by atoms with Crippen LogP contribution < -0.4 is 4.90 Å². The van der Waals surface area contributed by atoms with E-state index in [4.69, 9.17) is 0 Å². The van der Waals surface area contributed by atoms with Gasteiger partial charge in [-0.1, -0.05) is 33.6 Å². The summed E-state index contributed by atoms with van der Waals surface area (Å²) >= 11 is 3.00. The molecular weight excluding hydrogens is 320 g/mol. The Morgan fingerprint density at radius 3 is 2.32 bits per heavy atom. The Balaban J connectivity index is 2.88. The normalized spacial score (nSPS) is 10.6. The molecule has 0 N–H and O–H groups in total. The van der Waals surface area contributed by atoms with E-state index in [1.54, 1.807) is 24.3 Å². The third-order valence-electron chi connectivity index (χ3n) is 2.56. The van der Waals surface area contributed by atoms with E-state index in [2.05, 4.69) is 15.9 Å². The van der Waals surface area contributed by atoms with Crippen LogP contribution in [0.5, 0.6) is 0 Å². The van der Waals surface area contributed by atoms with Crippen molar-refractivity contribution in [1.29, 1.82) is 0 Å². The van der Waals surface area contributed by atoms with Crippen molar-refractivity contribution in [2.75, 3.05) is 16.8 Å². The predicted octanol–water partition coefficient (Wildman–Crippen LogP) is 2.95. The first-order chi connectivity index (χ1) is 8.95. The minimum absolute atomic E-state index is 0.0393. The number of Topliss-reactive ketones (excluding diaryl/α,β-unsaturated/α-hetero) is 1. The van der Waals surface area contributed by atoms with Crippen LogP contribution in [-0.4, -0.2) is 30.0 Å². The van der Waals surface area contributed by atoms with Crippen molar-refractivity contribution in [3.05, 3.63) is 29.8 Å². The predicted molar refractivity (Wildman–Crippen MR) is 73.0 cm³/mol. The monoisotopic (exact) mass is 333 g/mol. The van der Waals surface area contributed by atoms with Crippen molar-refractivity contribution in [2.45, 2.75) is 19.8 Å². The van der Waals surface area contributed by atoms with Crippen molar-refractivity contribution in [2.24, 2.45) is 0 Å². The molecule has 0 aliphatic carbocycles. The van der Waals surface area contributed by atoms with Gasteiger partial charge in [-0.3, -0.25) is 9.59 Å². The lowest BCUT2D eigenvalue weighted by molar-refractivity contribution is -0.129. The summed E-state index contributed by atoms with van der Waals surface area (Å²) in [5, 5.41) is 0.150. The Morgan fingerprint density at radius 1 is 1.26 bits per heavy atom. The van der Waals surface area contributed by atoms with Crippen LogP contribution >= 0.6 is 15.9 Å². The van der Waals surface area contributed by atoms with Crippen molar-refractivity contribution >= 4 is 33.3 Å². The van der Waals surface area contributed by atoms with Gasteiger partial charge in [0, 0.05) is 18.7 Å². The summed E-state index contributed by atoms with van der Waals surface area (Å²) in [5.41, 5.74) is 1.34. The average Bonchev–Trinajstić information content (AvgIpc) is 2.40. The number of carbonyl (C=O) groups is 2. The van der Waals surface area contributed by atoms with Gasteiger partial charge in [0.15, 0.2) is 0 Å². The van der Waals surface area contributed by atoms with Crippen LogP contribution in [0, 0.1) is 6.92 Å². The molecule has 0 fully saturated rings. The van der Waals surface area contributed by atoms with E-state index >= 15 is 0 Å². The van der Waals surface area contributed by atoms with Crippen LogP contribution in [0.3, 0.4) is 0 Å². The van der Waals surface area contributed by atoms with E-state index < -0.39 is 12.3 Å². The molecule has 1 amide bonds. The third-order valence-corrected chi connectivity index (χ3v) is 3.19. The summed E-state index contributed by atoms with van der Waals surface area (Å²) in [7, 11) is 0. The highest BCUT2D eigenvalue weighted by molar-refractivity contribution is 9.09. The Labute approximate surface area is 118 Å². The van der Waals surface area contributed by atoms with Gasteiger partial charge in [-0.15, -0.1) is 0 Å². The highest BCUT2D eigenvalue weighted by atomic mass is 79.9. The first kappa shape index (κ1) is 15.8. The Hall–Kier alpha value is -1.30. The molecule has 0 aliphatic heterocycles. The molecule has 1 rings (SSSR count). The molecule has 3 nitrogen and oxygen atoms in total. The number of amides is 1. The number of benzene rings is 1. The van der Waals surface area contributed by atoms with Crippen molar-refractivity contribution < 1.29 is 18.4 Å². The van der Waals surface area contributed by atoms with E-state index in [0.717, 1.165) is 10.5 Å². The Bertz CT molecular complexity index is 448. The van der Waals surface area contributed by atoms with Crippen molar-refractivity contribution in [1.82, 2.24) is 0 Å². The van der Waals surface area contributed by atoms with Crippen LogP contribution in [0.2, 0.25) is 0 Å². The maximum Gasteiger partial charge on any atom is 0.316 e. The number of nitrogens with zero attached hydrogens (tertiary/aromatic N) is 1. The molecule has 104 valence electrons. The lowest BCUT2D eigenvalue weighted by atomic mass is 10.2. The van der Waals surface area contributed by atoms with Gasteiger partial charge in [0.1, 0.15) is 5.78 Å². The van der Waals surface area contributed by atoms with Crippen LogP contribution in [-0.2, 0) is 9.59 Å². The molecule has 19 heavy (non-hydrogen) atoms. The smallest absolute Gasteiger partial charge is 0.307 e. The quantitative estimate of drug-likeness (QED) is 0.750. The lowest BCUT2D eigenvalue weighted by Crippen LogP contribution is -2.37. The third kappa shape index (κ3) is 4.70. The zero-order valence-electron chi connectivity index (χ0n) is 10.4. The molecule has 0 radical (unpaired) electrons. The number of rotatable bonds is 6. The van der Waals surface area contributed by atoms with Crippen molar-refractivity contribution in [3.63, 3.8) is 0 Å². The second-order valence-electron chi connectivity index (χ2n) is 4.05. The SMILES string of the molecule is Cc1ccc(N(CCC(=O)CBr)C(=O)C(F)F)cc1. The standard InChI is InChI=1S/C13H14BrF2NO2/c1-9-2-4-10(5-3-9)17(13(19)12(15)16)7-6-11(18)8-14/h2-5,12H,6-8H2,1H3. The minimum Gasteiger partial charge on any atom is -0.307 e. The van der Waals surface area contributed by atoms with Gasteiger partial charge >= 0.3 is 6.43 Å². The molecule has 0 bridgehead atoms. The number of anilines is 1. The number of carbonyl (C=O) groups excluding carboxylic acids is 2. The number of ketones is 1. The summed E-state index contributed by atoms with van der Waals surface area (Å²) < 4.78 is 25.1. The second-order valence-corrected chi connectivity index (χ2v) is 4.61. The number of hydrogen-bond donors (Lipinski definition) is 0. The van der Waals surface area contributed by atoms with E-state index in [9.17, 15) is 18.4 Å². The first-order valence-electron chi connectivity index (χ1n) is 5.69. The summed E-state index contributed by atoms with van der Waals surface area (Å²) in [5.74, 6) is -1.43. The summed E-state index contributed by atoms with van der Waals surface area (Å²) in [6.07, 6.45) is -3.04. The summed E-state index contributed by atoms with van der Waals surface area (Å²) in [6.45, 7) is 1.81. The van der Waals surface area contributed by atoms with Gasteiger partial charge in [-0.25, -0.2) is 0 Å². The number of halogens is 3. The minimum atomic E-state index is -3.08. The molecular formula is C13H14BrF2NO2.